The molecule has 4 heteroatoms. The summed E-state index contributed by atoms with van der Waals surface area (Å²) < 4.78 is 0. The third kappa shape index (κ3) is 3.96. The second kappa shape index (κ2) is 6.94. The van der Waals surface area contributed by atoms with Crippen molar-refractivity contribution >= 4 is 23.4 Å². The monoisotopic (exact) mass is 292 g/mol. The molecule has 0 amide bonds. The van der Waals surface area contributed by atoms with Gasteiger partial charge < -0.3 is 5.32 Å². The number of aryl methyl sites for hydroxylation is 1. The molecule has 1 aromatic heterocycles. The van der Waals surface area contributed by atoms with E-state index in [4.69, 9.17) is 11.6 Å². The Morgan fingerprint density at radius 3 is 2.63 bits per heavy atom. The summed E-state index contributed by atoms with van der Waals surface area (Å²) in [6.07, 6.45) is 1.77. The SMILES string of the molecule is CNC(CSc1ncccc1Cl)c1ccc(C)cc1. The summed E-state index contributed by atoms with van der Waals surface area (Å²) in [5, 5.41) is 4.94. The van der Waals surface area contributed by atoms with Crippen molar-refractivity contribution in [2.45, 2.75) is 18.0 Å². The van der Waals surface area contributed by atoms with Crippen molar-refractivity contribution in [3.8, 4) is 0 Å². The fraction of sp³-hybridized carbons (Fsp3) is 0.267. The minimum Gasteiger partial charge on any atom is -0.312 e. The predicted octanol–water partition coefficient (Wildman–Crippen LogP) is 4.10. The van der Waals surface area contributed by atoms with Gasteiger partial charge in [0.25, 0.3) is 0 Å². The normalized spacial score (nSPS) is 12.4. The maximum Gasteiger partial charge on any atom is 0.115 e. The van der Waals surface area contributed by atoms with Gasteiger partial charge in [-0.15, -0.1) is 11.8 Å². The topological polar surface area (TPSA) is 24.9 Å². The van der Waals surface area contributed by atoms with Crippen molar-refractivity contribution in [3.63, 3.8) is 0 Å². The number of hydrogen-bond donors (Lipinski definition) is 1. The Morgan fingerprint density at radius 1 is 1.26 bits per heavy atom. The molecule has 0 aliphatic carbocycles. The van der Waals surface area contributed by atoms with Crippen LogP contribution in [0.5, 0.6) is 0 Å². The zero-order valence-corrected chi connectivity index (χ0v) is 12.6. The number of nitrogens with zero attached hydrogens (tertiary/aromatic N) is 1. The molecule has 2 nitrogen and oxygen atoms in total. The molecule has 2 aromatic rings. The molecule has 0 bridgehead atoms. The van der Waals surface area contributed by atoms with Gasteiger partial charge in [0, 0.05) is 18.0 Å². The summed E-state index contributed by atoms with van der Waals surface area (Å²) in [7, 11) is 1.98. The van der Waals surface area contributed by atoms with E-state index in [1.54, 1.807) is 18.0 Å². The average molecular weight is 293 g/mol. The first-order valence-corrected chi connectivity index (χ1v) is 7.54. The van der Waals surface area contributed by atoms with Crippen LogP contribution in [0.2, 0.25) is 5.02 Å². The van der Waals surface area contributed by atoms with Crippen LogP contribution < -0.4 is 5.32 Å². The van der Waals surface area contributed by atoms with E-state index in [9.17, 15) is 0 Å². The lowest BCUT2D eigenvalue weighted by Crippen LogP contribution is -2.18. The van der Waals surface area contributed by atoms with Gasteiger partial charge in [0.15, 0.2) is 0 Å². The zero-order valence-electron chi connectivity index (χ0n) is 11.1. The summed E-state index contributed by atoms with van der Waals surface area (Å²) >= 11 is 7.79. The molecule has 100 valence electrons. The molecule has 1 heterocycles. The Kier molecular flexibility index (Phi) is 5.25. The van der Waals surface area contributed by atoms with Crippen molar-refractivity contribution in [1.82, 2.24) is 10.3 Å². The number of benzene rings is 1. The van der Waals surface area contributed by atoms with Gasteiger partial charge >= 0.3 is 0 Å². The van der Waals surface area contributed by atoms with Crippen molar-refractivity contribution in [1.29, 1.82) is 0 Å². The number of thioether (sulfide) groups is 1. The number of nitrogens with one attached hydrogen (secondary N) is 1. The molecule has 0 aliphatic rings. The van der Waals surface area contributed by atoms with Crippen LogP contribution in [-0.4, -0.2) is 17.8 Å². The van der Waals surface area contributed by atoms with E-state index in [2.05, 4.69) is 41.5 Å². The van der Waals surface area contributed by atoms with Gasteiger partial charge in [-0.05, 0) is 31.7 Å². The van der Waals surface area contributed by atoms with Crippen LogP contribution in [0.25, 0.3) is 0 Å². The van der Waals surface area contributed by atoms with E-state index in [-0.39, 0.29) is 0 Å². The fourth-order valence-corrected chi connectivity index (χ4v) is 3.09. The van der Waals surface area contributed by atoms with Crippen LogP contribution in [0, 0.1) is 6.92 Å². The van der Waals surface area contributed by atoms with Gasteiger partial charge in [0.2, 0.25) is 0 Å². The molecule has 0 saturated heterocycles. The molecular formula is C15H17ClN2S. The number of aromatic nitrogens is 1. The van der Waals surface area contributed by atoms with E-state index in [1.807, 2.05) is 19.2 Å². The molecule has 1 aromatic carbocycles. The molecule has 0 radical (unpaired) electrons. The smallest absolute Gasteiger partial charge is 0.115 e. The molecule has 1 atom stereocenters. The molecule has 2 rings (SSSR count). The first kappa shape index (κ1) is 14.4. The summed E-state index contributed by atoms with van der Waals surface area (Å²) in [5.74, 6) is 0.899. The molecular weight excluding hydrogens is 276 g/mol. The molecule has 1 unspecified atom stereocenters. The number of pyridine rings is 1. The first-order valence-electron chi connectivity index (χ1n) is 6.18. The van der Waals surface area contributed by atoms with Gasteiger partial charge in [0.05, 0.1) is 5.02 Å². The molecule has 19 heavy (non-hydrogen) atoms. The van der Waals surface area contributed by atoms with E-state index in [0.29, 0.717) is 11.1 Å². The van der Waals surface area contributed by atoms with Gasteiger partial charge in [-0.1, -0.05) is 41.4 Å². The van der Waals surface area contributed by atoms with Gasteiger partial charge in [-0.25, -0.2) is 4.98 Å². The number of halogens is 1. The minimum atomic E-state index is 0.295. The minimum absolute atomic E-state index is 0.295. The van der Waals surface area contributed by atoms with Crippen LogP contribution in [0.15, 0.2) is 47.6 Å². The third-order valence-electron chi connectivity index (χ3n) is 2.94. The van der Waals surface area contributed by atoms with Crippen LogP contribution in [0.4, 0.5) is 0 Å². The first-order chi connectivity index (χ1) is 9.20. The maximum atomic E-state index is 6.11. The Bertz CT molecular complexity index is 528. The predicted molar refractivity (Wildman–Crippen MR) is 83.0 cm³/mol. The summed E-state index contributed by atoms with van der Waals surface area (Å²) in [6.45, 7) is 2.10. The second-order valence-electron chi connectivity index (χ2n) is 4.35. The fourth-order valence-electron chi connectivity index (χ4n) is 1.78. The second-order valence-corrected chi connectivity index (χ2v) is 5.77. The van der Waals surface area contributed by atoms with Gasteiger partial charge in [-0.2, -0.15) is 0 Å². The Labute approximate surface area is 123 Å². The van der Waals surface area contributed by atoms with Crippen LogP contribution in [0.1, 0.15) is 17.2 Å². The van der Waals surface area contributed by atoms with Crippen molar-refractivity contribution < 1.29 is 0 Å². The van der Waals surface area contributed by atoms with Crippen LogP contribution in [0.3, 0.4) is 0 Å². The maximum absolute atomic E-state index is 6.11. The van der Waals surface area contributed by atoms with Crippen LogP contribution >= 0.6 is 23.4 Å². The molecule has 0 saturated carbocycles. The standard InChI is InChI=1S/C15H17ClN2S/c1-11-5-7-12(8-6-11)14(17-2)10-19-15-13(16)4-3-9-18-15/h3-9,14,17H,10H2,1-2H3. The van der Waals surface area contributed by atoms with Crippen molar-refractivity contribution in [2.75, 3.05) is 12.8 Å². The van der Waals surface area contributed by atoms with Gasteiger partial charge in [0.1, 0.15) is 5.03 Å². The summed E-state index contributed by atoms with van der Waals surface area (Å²) in [6, 6.07) is 12.6. The van der Waals surface area contributed by atoms with E-state index in [0.717, 1.165) is 10.8 Å². The highest BCUT2D eigenvalue weighted by atomic mass is 35.5. The average Bonchev–Trinajstić information content (AvgIpc) is 2.43. The molecule has 0 fully saturated rings. The van der Waals surface area contributed by atoms with Crippen molar-refractivity contribution in [3.05, 3.63) is 58.7 Å². The van der Waals surface area contributed by atoms with Crippen molar-refractivity contribution in [2.24, 2.45) is 0 Å². The van der Waals surface area contributed by atoms with E-state index < -0.39 is 0 Å². The molecule has 0 aliphatic heterocycles. The Hall–Kier alpha value is -1.03. The largest absolute Gasteiger partial charge is 0.312 e. The van der Waals surface area contributed by atoms with Gasteiger partial charge in [-0.3, -0.25) is 0 Å². The Balaban J connectivity index is 2.04. The van der Waals surface area contributed by atoms with Crippen LogP contribution in [-0.2, 0) is 0 Å². The van der Waals surface area contributed by atoms with E-state index >= 15 is 0 Å². The summed E-state index contributed by atoms with van der Waals surface area (Å²) in [5.41, 5.74) is 2.56. The van der Waals surface area contributed by atoms with E-state index in [1.165, 1.54) is 11.1 Å². The zero-order chi connectivity index (χ0) is 13.7. The highest BCUT2D eigenvalue weighted by molar-refractivity contribution is 7.99. The summed E-state index contributed by atoms with van der Waals surface area (Å²) in [4.78, 5) is 4.30. The Morgan fingerprint density at radius 2 is 2.00 bits per heavy atom. The lowest BCUT2D eigenvalue weighted by molar-refractivity contribution is 0.661. The quantitative estimate of drug-likeness (QED) is 0.840. The lowest BCUT2D eigenvalue weighted by atomic mass is 10.1. The number of hydrogen-bond acceptors (Lipinski definition) is 3. The third-order valence-corrected chi connectivity index (χ3v) is 4.46. The molecule has 1 N–H and O–H groups in total. The lowest BCUT2D eigenvalue weighted by Gasteiger charge is -2.16. The highest BCUT2D eigenvalue weighted by Crippen LogP contribution is 2.28. The molecule has 0 spiro atoms. The number of rotatable bonds is 5. The highest BCUT2D eigenvalue weighted by Gasteiger charge is 2.11.